The number of carbonyl (C=O) groups is 4. The molecule has 2 fully saturated rings. The van der Waals surface area contributed by atoms with Crippen LogP contribution in [0.1, 0.15) is 60.7 Å². The molecule has 8 heteroatoms. The van der Waals surface area contributed by atoms with Crippen molar-refractivity contribution in [1.82, 2.24) is 9.80 Å². The van der Waals surface area contributed by atoms with Gasteiger partial charge in [0, 0.05) is 38.1 Å². The zero-order valence-electron chi connectivity index (χ0n) is 17.5. The van der Waals surface area contributed by atoms with Crippen LogP contribution in [0.3, 0.4) is 0 Å². The Kier molecular flexibility index (Phi) is 5.00. The Bertz CT molecular complexity index is 944. The topological polar surface area (TPSA) is 78.0 Å². The Labute approximate surface area is 174 Å². The Morgan fingerprint density at radius 3 is 2.10 bits per heavy atom. The summed E-state index contributed by atoms with van der Waals surface area (Å²) in [5.74, 6) is -2.41. The zero-order valence-corrected chi connectivity index (χ0v) is 17.5. The molecule has 0 radical (unpaired) electrons. The minimum absolute atomic E-state index is 0.0146. The average Bonchev–Trinajstić information content (AvgIpc) is 2.91. The molecule has 0 aromatic heterocycles. The van der Waals surface area contributed by atoms with Gasteiger partial charge in [0.05, 0.1) is 29.3 Å². The van der Waals surface area contributed by atoms with Gasteiger partial charge in [0.25, 0.3) is 11.8 Å². The van der Waals surface area contributed by atoms with Crippen LogP contribution >= 0.6 is 0 Å². The predicted octanol–water partition coefficient (Wildman–Crippen LogP) is 2.03. The Balaban J connectivity index is 1.59. The van der Waals surface area contributed by atoms with Gasteiger partial charge in [-0.3, -0.25) is 29.0 Å². The van der Waals surface area contributed by atoms with Crippen LogP contribution in [0.25, 0.3) is 0 Å². The normalized spacial score (nSPS) is 23.4. The van der Waals surface area contributed by atoms with Crippen LogP contribution < -0.4 is 4.90 Å². The summed E-state index contributed by atoms with van der Waals surface area (Å²) in [5.41, 5.74) is 0.438. The minimum atomic E-state index is -0.947. The molecule has 2 heterocycles. The quantitative estimate of drug-likeness (QED) is 0.543. The van der Waals surface area contributed by atoms with E-state index >= 15 is 0 Å². The standard InChI is InChI=1S/C22H26FN3O4/c1-22(2,3)25-8-6-24(7-9-25)18-12-15-14(11-16(18)23)20(29)26(21(15)30)17-5-4-13(27)10-19(17)28/h11-12,17H,4-10H2,1-3H3. The maximum Gasteiger partial charge on any atom is 0.262 e. The lowest BCUT2D eigenvalue weighted by Crippen LogP contribution is -2.53. The van der Waals surface area contributed by atoms with Crippen molar-refractivity contribution >= 4 is 29.1 Å². The first kappa shape index (κ1) is 20.7. The third-order valence-electron chi connectivity index (χ3n) is 6.31. The lowest BCUT2D eigenvalue weighted by molar-refractivity contribution is -0.132. The molecule has 30 heavy (non-hydrogen) atoms. The first-order chi connectivity index (χ1) is 14.1. The van der Waals surface area contributed by atoms with Crippen molar-refractivity contribution in [2.75, 3.05) is 31.1 Å². The van der Waals surface area contributed by atoms with Crippen LogP contribution in [0.15, 0.2) is 12.1 Å². The molecule has 1 atom stereocenters. The highest BCUT2D eigenvalue weighted by atomic mass is 19.1. The number of hydrogen-bond donors (Lipinski definition) is 0. The fourth-order valence-electron chi connectivity index (χ4n) is 4.54. The summed E-state index contributed by atoms with van der Waals surface area (Å²) < 4.78 is 14.9. The van der Waals surface area contributed by atoms with Gasteiger partial charge in [0.2, 0.25) is 0 Å². The molecule has 1 unspecified atom stereocenters. The average molecular weight is 415 g/mol. The third kappa shape index (κ3) is 3.43. The maximum atomic E-state index is 14.9. The van der Waals surface area contributed by atoms with Crippen molar-refractivity contribution in [3.05, 3.63) is 29.1 Å². The summed E-state index contributed by atoms with van der Waals surface area (Å²) in [6.07, 6.45) is 0.0183. The number of imide groups is 1. The first-order valence-corrected chi connectivity index (χ1v) is 10.3. The van der Waals surface area contributed by atoms with Gasteiger partial charge in [0.15, 0.2) is 5.78 Å². The number of halogens is 1. The molecule has 2 aliphatic heterocycles. The highest BCUT2D eigenvalue weighted by Gasteiger charge is 2.45. The molecule has 0 bridgehead atoms. The number of nitrogens with zero attached hydrogens (tertiary/aromatic N) is 3. The van der Waals surface area contributed by atoms with Crippen LogP contribution in [0.2, 0.25) is 0 Å². The van der Waals surface area contributed by atoms with Crippen molar-refractivity contribution in [2.45, 2.75) is 51.6 Å². The minimum Gasteiger partial charge on any atom is -0.367 e. The van der Waals surface area contributed by atoms with Gasteiger partial charge in [-0.25, -0.2) is 4.39 Å². The predicted molar refractivity (Wildman–Crippen MR) is 108 cm³/mol. The van der Waals surface area contributed by atoms with Gasteiger partial charge in [0.1, 0.15) is 11.6 Å². The molecule has 0 spiro atoms. The highest BCUT2D eigenvalue weighted by Crippen LogP contribution is 2.34. The van der Waals surface area contributed by atoms with E-state index in [4.69, 9.17) is 0 Å². The zero-order chi connectivity index (χ0) is 21.8. The first-order valence-electron chi connectivity index (χ1n) is 10.3. The molecule has 2 amide bonds. The van der Waals surface area contributed by atoms with Crippen molar-refractivity contribution in [3.8, 4) is 0 Å². The molecule has 1 saturated heterocycles. The fraction of sp³-hybridized carbons (Fsp3) is 0.545. The van der Waals surface area contributed by atoms with Crippen molar-refractivity contribution in [2.24, 2.45) is 0 Å². The summed E-state index contributed by atoms with van der Waals surface area (Å²) in [4.78, 5) is 54.7. The number of anilines is 1. The van der Waals surface area contributed by atoms with E-state index < -0.39 is 29.5 Å². The highest BCUT2D eigenvalue weighted by molar-refractivity contribution is 6.24. The van der Waals surface area contributed by atoms with E-state index in [1.165, 1.54) is 6.07 Å². The number of amides is 2. The summed E-state index contributed by atoms with van der Waals surface area (Å²) in [5, 5.41) is 0. The van der Waals surface area contributed by atoms with Gasteiger partial charge >= 0.3 is 0 Å². The molecule has 7 nitrogen and oxygen atoms in total. The van der Waals surface area contributed by atoms with Gasteiger partial charge in [-0.05, 0) is 39.3 Å². The molecule has 1 aromatic rings. The van der Waals surface area contributed by atoms with Crippen molar-refractivity contribution in [3.63, 3.8) is 0 Å². The fourth-order valence-corrected chi connectivity index (χ4v) is 4.54. The summed E-state index contributed by atoms with van der Waals surface area (Å²) in [6, 6.07) is 1.60. The van der Waals surface area contributed by atoms with Gasteiger partial charge in [-0.2, -0.15) is 0 Å². The largest absolute Gasteiger partial charge is 0.367 e. The lowest BCUT2D eigenvalue weighted by Gasteiger charge is -2.43. The molecular formula is C22H26FN3O4. The smallest absolute Gasteiger partial charge is 0.262 e. The third-order valence-corrected chi connectivity index (χ3v) is 6.31. The lowest BCUT2D eigenvalue weighted by atomic mass is 9.92. The summed E-state index contributed by atoms with van der Waals surface area (Å²) in [7, 11) is 0. The molecular weight excluding hydrogens is 389 g/mol. The van der Waals surface area contributed by atoms with Crippen LogP contribution in [0, 0.1) is 5.82 Å². The maximum absolute atomic E-state index is 14.9. The molecule has 4 rings (SSSR count). The van der Waals surface area contributed by atoms with Gasteiger partial charge in [-0.15, -0.1) is 0 Å². The van der Waals surface area contributed by atoms with E-state index in [1.807, 2.05) is 4.90 Å². The number of piperazine rings is 1. The second-order valence-electron chi connectivity index (χ2n) is 9.21. The van der Waals surface area contributed by atoms with E-state index in [9.17, 15) is 23.6 Å². The number of carbonyl (C=O) groups excluding carboxylic acids is 4. The monoisotopic (exact) mass is 415 g/mol. The number of fused-ring (bicyclic) bond motifs is 1. The molecule has 1 saturated carbocycles. The number of ketones is 2. The van der Waals surface area contributed by atoms with Crippen LogP contribution in [-0.2, 0) is 9.59 Å². The van der Waals surface area contributed by atoms with Crippen LogP contribution in [0.4, 0.5) is 10.1 Å². The number of hydrogen-bond acceptors (Lipinski definition) is 6. The number of Topliss-reactive ketones (excluding diaryl/α,β-unsaturated/α-hetero) is 2. The van der Waals surface area contributed by atoms with Crippen LogP contribution in [-0.4, -0.2) is 70.9 Å². The van der Waals surface area contributed by atoms with Gasteiger partial charge in [-0.1, -0.05) is 0 Å². The summed E-state index contributed by atoms with van der Waals surface area (Å²) in [6.45, 7) is 9.17. The Hall–Kier alpha value is -2.61. The molecule has 0 N–H and O–H groups in total. The number of rotatable bonds is 2. The molecule has 1 aliphatic carbocycles. The van der Waals surface area contributed by atoms with Crippen LogP contribution in [0.5, 0.6) is 0 Å². The second-order valence-corrected chi connectivity index (χ2v) is 9.21. The van der Waals surface area contributed by atoms with Crippen molar-refractivity contribution < 1.29 is 23.6 Å². The Morgan fingerprint density at radius 1 is 0.933 bits per heavy atom. The second kappa shape index (κ2) is 7.27. The molecule has 160 valence electrons. The van der Waals surface area contributed by atoms with E-state index in [2.05, 4.69) is 25.7 Å². The Morgan fingerprint density at radius 2 is 1.53 bits per heavy atom. The van der Waals surface area contributed by atoms with E-state index in [0.29, 0.717) is 18.8 Å². The number of benzene rings is 1. The van der Waals surface area contributed by atoms with Crippen molar-refractivity contribution in [1.29, 1.82) is 0 Å². The SMILES string of the molecule is CC(C)(C)N1CCN(c2cc3c(cc2F)C(=O)N(C2CCC(=O)CC2=O)C3=O)CC1. The molecule has 3 aliphatic rings. The van der Waals surface area contributed by atoms with E-state index in [1.54, 1.807) is 0 Å². The summed E-state index contributed by atoms with van der Waals surface area (Å²) >= 11 is 0. The van der Waals surface area contributed by atoms with E-state index in [0.717, 1.165) is 24.1 Å². The van der Waals surface area contributed by atoms with Gasteiger partial charge < -0.3 is 4.90 Å². The molecule has 1 aromatic carbocycles. The van der Waals surface area contributed by atoms with E-state index in [-0.39, 0.29) is 41.7 Å².